The van der Waals surface area contributed by atoms with E-state index >= 15 is 0 Å². The Morgan fingerprint density at radius 1 is 1.14 bits per heavy atom. The van der Waals surface area contributed by atoms with Gasteiger partial charge in [0, 0.05) is 5.92 Å². The number of rotatable bonds is 4. The molecule has 0 unspecified atom stereocenters. The maximum absolute atomic E-state index is 5.38. The van der Waals surface area contributed by atoms with E-state index in [2.05, 4.69) is 53.8 Å². The Morgan fingerprint density at radius 2 is 1.91 bits per heavy atom. The first-order valence-electron chi connectivity index (χ1n) is 7.70. The molecule has 1 aliphatic carbocycles. The highest BCUT2D eigenvalue weighted by Gasteiger charge is 2.30. The predicted molar refractivity (Wildman–Crippen MR) is 94.3 cm³/mol. The van der Waals surface area contributed by atoms with Gasteiger partial charge in [0.1, 0.15) is 5.75 Å². The van der Waals surface area contributed by atoms with E-state index < -0.39 is 0 Å². The van der Waals surface area contributed by atoms with Crippen molar-refractivity contribution in [3.8, 4) is 5.75 Å². The first kappa shape index (κ1) is 16.9. The normalized spacial score (nSPS) is 19.9. The van der Waals surface area contributed by atoms with Gasteiger partial charge in [-0.15, -0.1) is 12.4 Å². The second-order valence-electron chi connectivity index (χ2n) is 5.81. The molecule has 1 N–H and O–H groups in total. The number of fused-ring (bicyclic) bond motifs is 1. The summed E-state index contributed by atoms with van der Waals surface area (Å²) in [6.07, 6.45) is 2.36. The number of methoxy groups -OCH3 is 1. The fourth-order valence-corrected chi connectivity index (χ4v) is 3.58. The van der Waals surface area contributed by atoms with Crippen LogP contribution in [0, 0.1) is 5.92 Å². The molecule has 0 radical (unpaired) electrons. The Bertz CT molecular complexity index is 600. The van der Waals surface area contributed by atoms with E-state index in [0.29, 0.717) is 11.8 Å². The SMILES string of the molecule is CNC[C@H]1CCc2cc(OC)ccc2[C@H]1c1ccccc1.Cl. The molecule has 0 spiro atoms. The highest BCUT2D eigenvalue weighted by molar-refractivity contribution is 5.85. The van der Waals surface area contributed by atoms with Gasteiger partial charge in [-0.05, 0) is 61.2 Å². The maximum Gasteiger partial charge on any atom is 0.119 e. The maximum atomic E-state index is 5.38. The number of nitrogens with one attached hydrogen (secondary N) is 1. The summed E-state index contributed by atoms with van der Waals surface area (Å²) >= 11 is 0. The van der Waals surface area contributed by atoms with E-state index in [9.17, 15) is 0 Å². The fourth-order valence-electron chi connectivity index (χ4n) is 3.58. The van der Waals surface area contributed by atoms with Crippen molar-refractivity contribution in [1.29, 1.82) is 0 Å². The highest BCUT2D eigenvalue weighted by atomic mass is 35.5. The molecule has 2 aromatic carbocycles. The van der Waals surface area contributed by atoms with Crippen LogP contribution in [0.15, 0.2) is 48.5 Å². The van der Waals surface area contributed by atoms with Crippen LogP contribution < -0.4 is 10.1 Å². The molecule has 2 atom stereocenters. The number of aryl methyl sites for hydroxylation is 1. The largest absolute Gasteiger partial charge is 0.497 e. The molecule has 0 aromatic heterocycles. The Hall–Kier alpha value is -1.51. The number of halogens is 1. The molecule has 0 saturated heterocycles. The first-order chi connectivity index (χ1) is 10.3. The van der Waals surface area contributed by atoms with Crippen molar-refractivity contribution in [1.82, 2.24) is 5.32 Å². The average molecular weight is 318 g/mol. The van der Waals surface area contributed by atoms with Crippen molar-refractivity contribution in [3.05, 3.63) is 65.2 Å². The molecule has 3 heteroatoms. The quantitative estimate of drug-likeness (QED) is 0.919. The third-order valence-corrected chi connectivity index (χ3v) is 4.57. The fraction of sp³-hybridized carbons (Fsp3) is 0.368. The second kappa shape index (κ2) is 7.66. The summed E-state index contributed by atoms with van der Waals surface area (Å²) in [4.78, 5) is 0. The summed E-state index contributed by atoms with van der Waals surface area (Å²) < 4.78 is 5.38. The van der Waals surface area contributed by atoms with Crippen molar-refractivity contribution in [2.45, 2.75) is 18.8 Å². The summed E-state index contributed by atoms with van der Waals surface area (Å²) in [6, 6.07) is 17.5. The Kier molecular flexibility index (Phi) is 5.87. The monoisotopic (exact) mass is 317 g/mol. The molecule has 2 nitrogen and oxygen atoms in total. The van der Waals surface area contributed by atoms with Crippen LogP contribution >= 0.6 is 12.4 Å². The van der Waals surface area contributed by atoms with Crippen LogP contribution in [0.1, 0.15) is 29.0 Å². The van der Waals surface area contributed by atoms with Gasteiger partial charge in [0.25, 0.3) is 0 Å². The van der Waals surface area contributed by atoms with Crippen LogP contribution in [0.4, 0.5) is 0 Å². The lowest BCUT2D eigenvalue weighted by molar-refractivity contribution is 0.389. The minimum Gasteiger partial charge on any atom is -0.497 e. The average Bonchev–Trinajstić information content (AvgIpc) is 2.55. The van der Waals surface area contributed by atoms with E-state index in [1.807, 2.05) is 7.05 Å². The van der Waals surface area contributed by atoms with E-state index in [0.717, 1.165) is 18.7 Å². The molecule has 0 bridgehead atoms. The lowest BCUT2D eigenvalue weighted by atomic mass is 9.72. The summed E-state index contributed by atoms with van der Waals surface area (Å²) in [5, 5.41) is 3.37. The molecule has 2 aromatic rings. The van der Waals surface area contributed by atoms with Crippen molar-refractivity contribution in [2.24, 2.45) is 5.92 Å². The Morgan fingerprint density at radius 3 is 2.59 bits per heavy atom. The van der Waals surface area contributed by atoms with Crippen molar-refractivity contribution in [2.75, 3.05) is 20.7 Å². The van der Waals surface area contributed by atoms with E-state index in [-0.39, 0.29) is 12.4 Å². The summed E-state index contributed by atoms with van der Waals surface area (Å²) in [7, 11) is 3.79. The molecule has 0 amide bonds. The Balaban J connectivity index is 0.00000176. The van der Waals surface area contributed by atoms with Gasteiger partial charge in [0.2, 0.25) is 0 Å². The standard InChI is InChI=1S/C19H23NO.ClH/c1-20-13-16-9-8-15-12-17(21-2)10-11-18(15)19(16)14-6-4-3-5-7-14;/h3-7,10-12,16,19-20H,8-9,13H2,1-2H3;1H/t16-,19+;/m1./s1. The van der Waals surface area contributed by atoms with Crippen molar-refractivity contribution < 1.29 is 4.74 Å². The van der Waals surface area contributed by atoms with Crippen LogP contribution in [0.2, 0.25) is 0 Å². The van der Waals surface area contributed by atoms with Crippen LogP contribution in [-0.4, -0.2) is 20.7 Å². The number of benzene rings is 2. The third-order valence-electron chi connectivity index (χ3n) is 4.57. The lowest BCUT2D eigenvalue weighted by Gasteiger charge is -2.34. The van der Waals surface area contributed by atoms with Gasteiger partial charge in [-0.25, -0.2) is 0 Å². The van der Waals surface area contributed by atoms with Crippen LogP contribution in [-0.2, 0) is 6.42 Å². The van der Waals surface area contributed by atoms with Gasteiger partial charge >= 0.3 is 0 Å². The molecule has 1 aliphatic rings. The van der Waals surface area contributed by atoms with E-state index in [1.165, 1.54) is 23.1 Å². The lowest BCUT2D eigenvalue weighted by Crippen LogP contribution is -2.29. The number of hydrogen-bond donors (Lipinski definition) is 1. The summed E-state index contributed by atoms with van der Waals surface area (Å²) in [5.74, 6) is 2.10. The molecule has 0 fully saturated rings. The third kappa shape index (κ3) is 3.29. The smallest absolute Gasteiger partial charge is 0.119 e. The number of hydrogen-bond acceptors (Lipinski definition) is 2. The topological polar surface area (TPSA) is 21.3 Å². The van der Waals surface area contributed by atoms with Gasteiger partial charge in [0.05, 0.1) is 7.11 Å². The molecule has 0 saturated carbocycles. The molecular weight excluding hydrogens is 294 g/mol. The minimum atomic E-state index is 0. The van der Waals surface area contributed by atoms with Crippen LogP contribution in [0.3, 0.4) is 0 Å². The predicted octanol–water partition coefficient (Wildman–Crippen LogP) is 4.03. The van der Waals surface area contributed by atoms with Gasteiger partial charge in [-0.2, -0.15) is 0 Å². The van der Waals surface area contributed by atoms with E-state index in [4.69, 9.17) is 4.74 Å². The molecular formula is C19H24ClNO. The zero-order valence-electron chi connectivity index (χ0n) is 13.2. The first-order valence-corrected chi connectivity index (χ1v) is 7.70. The van der Waals surface area contributed by atoms with Gasteiger partial charge in [-0.3, -0.25) is 0 Å². The summed E-state index contributed by atoms with van der Waals surface area (Å²) in [6.45, 7) is 1.06. The van der Waals surface area contributed by atoms with Crippen LogP contribution in [0.5, 0.6) is 5.75 Å². The second-order valence-corrected chi connectivity index (χ2v) is 5.81. The summed E-state index contributed by atoms with van der Waals surface area (Å²) in [5.41, 5.74) is 4.33. The van der Waals surface area contributed by atoms with Gasteiger partial charge in [0.15, 0.2) is 0 Å². The zero-order chi connectivity index (χ0) is 14.7. The number of ether oxygens (including phenoxy) is 1. The van der Waals surface area contributed by atoms with Gasteiger partial charge in [-0.1, -0.05) is 36.4 Å². The highest BCUT2D eigenvalue weighted by Crippen LogP contribution is 2.41. The minimum absolute atomic E-state index is 0. The zero-order valence-corrected chi connectivity index (χ0v) is 14.0. The molecule has 0 aliphatic heterocycles. The van der Waals surface area contributed by atoms with Crippen LogP contribution in [0.25, 0.3) is 0 Å². The van der Waals surface area contributed by atoms with E-state index in [1.54, 1.807) is 7.11 Å². The van der Waals surface area contributed by atoms with Crippen molar-refractivity contribution in [3.63, 3.8) is 0 Å². The molecule has 118 valence electrons. The molecule has 22 heavy (non-hydrogen) atoms. The molecule has 0 heterocycles. The Labute approximate surface area is 139 Å². The van der Waals surface area contributed by atoms with Gasteiger partial charge < -0.3 is 10.1 Å². The molecule has 3 rings (SSSR count). The van der Waals surface area contributed by atoms with Crippen molar-refractivity contribution >= 4 is 12.4 Å².